The molecular formula is C18H30N4O2. The van der Waals surface area contributed by atoms with Gasteiger partial charge in [0, 0.05) is 20.0 Å². The third-order valence-corrected chi connectivity index (χ3v) is 3.41. The lowest BCUT2D eigenvalue weighted by molar-refractivity contribution is -0.114. The molecule has 0 aliphatic rings. The van der Waals surface area contributed by atoms with Crippen molar-refractivity contribution < 1.29 is 9.53 Å². The molecule has 0 bridgehead atoms. The predicted octanol–water partition coefficient (Wildman–Crippen LogP) is 2.90. The monoisotopic (exact) mass is 334 g/mol. The number of carbonyl (C=O) groups excluding carboxylic acids is 1. The second-order valence-corrected chi connectivity index (χ2v) is 5.54. The fraction of sp³-hybridized carbons (Fsp3) is 0.556. The molecule has 0 saturated heterocycles. The Morgan fingerprint density at radius 3 is 2.62 bits per heavy atom. The van der Waals surface area contributed by atoms with Crippen LogP contribution in [0.1, 0.15) is 45.6 Å². The van der Waals surface area contributed by atoms with E-state index in [1.807, 2.05) is 25.1 Å². The van der Waals surface area contributed by atoms with Gasteiger partial charge in [0.2, 0.25) is 5.91 Å². The molecule has 0 aliphatic carbocycles. The number of benzene rings is 1. The maximum absolute atomic E-state index is 11.3. The highest BCUT2D eigenvalue weighted by Gasteiger charge is 2.06. The summed E-state index contributed by atoms with van der Waals surface area (Å²) in [5.41, 5.74) is 1.67. The van der Waals surface area contributed by atoms with Crippen molar-refractivity contribution in [3.05, 3.63) is 23.8 Å². The van der Waals surface area contributed by atoms with E-state index in [0.717, 1.165) is 31.0 Å². The van der Waals surface area contributed by atoms with Crippen LogP contribution in [0.5, 0.6) is 5.75 Å². The average Bonchev–Trinajstić information content (AvgIpc) is 2.56. The highest BCUT2D eigenvalue weighted by molar-refractivity contribution is 5.90. The summed E-state index contributed by atoms with van der Waals surface area (Å²) in [6.45, 7) is 7.98. The molecule has 3 N–H and O–H groups in total. The van der Waals surface area contributed by atoms with Gasteiger partial charge in [0.15, 0.2) is 5.96 Å². The van der Waals surface area contributed by atoms with Crippen molar-refractivity contribution in [1.29, 1.82) is 0 Å². The van der Waals surface area contributed by atoms with E-state index in [2.05, 4.69) is 27.9 Å². The summed E-state index contributed by atoms with van der Waals surface area (Å²) in [6.07, 6.45) is 3.55. The third kappa shape index (κ3) is 7.35. The summed E-state index contributed by atoms with van der Waals surface area (Å²) in [6, 6.07) is 5.69. The fourth-order valence-electron chi connectivity index (χ4n) is 2.23. The molecule has 1 aromatic rings. The molecule has 1 rings (SSSR count). The summed E-state index contributed by atoms with van der Waals surface area (Å²) >= 11 is 0. The Morgan fingerprint density at radius 1 is 1.21 bits per heavy atom. The molecule has 6 nitrogen and oxygen atoms in total. The molecule has 134 valence electrons. The minimum atomic E-state index is -0.125. The van der Waals surface area contributed by atoms with E-state index in [-0.39, 0.29) is 5.91 Å². The van der Waals surface area contributed by atoms with E-state index < -0.39 is 0 Å². The van der Waals surface area contributed by atoms with E-state index in [4.69, 9.17) is 4.74 Å². The zero-order valence-corrected chi connectivity index (χ0v) is 15.2. The molecule has 0 atom stereocenters. The molecule has 0 aromatic heterocycles. The van der Waals surface area contributed by atoms with E-state index in [9.17, 15) is 4.79 Å². The number of aliphatic imine (C=N–C) groups is 1. The molecule has 0 radical (unpaired) electrons. The molecule has 24 heavy (non-hydrogen) atoms. The number of rotatable bonds is 9. The first-order valence-corrected chi connectivity index (χ1v) is 8.57. The van der Waals surface area contributed by atoms with Crippen molar-refractivity contribution in [2.75, 3.05) is 25.5 Å². The molecule has 0 saturated carbocycles. The van der Waals surface area contributed by atoms with Gasteiger partial charge in [-0.1, -0.05) is 25.8 Å². The minimum absolute atomic E-state index is 0.125. The van der Waals surface area contributed by atoms with Gasteiger partial charge in [-0.3, -0.25) is 4.79 Å². The number of carbonyl (C=O) groups is 1. The van der Waals surface area contributed by atoms with Gasteiger partial charge in [0.1, 0.15) is 5.75 Å². The number of anilines is 1. The lowest BCUT2D eigenvalue weighted by atomic mass is 10.2. The van der Waals surface area contributed by atoms with Crippen LogP contribution in [0.2, 0.25) is 0 Å². The van der Waals surface area contributed by atoms with Crippen LogP contribution in [-0.4, -0.2) is 32.1 Å². The van der Waals surface area contributed by atoms with Crippen LogP contribution in [0.15, 0.2) is 23.2 Å². The predicted molar refractivity (Wildman–Crippen MR) is 99.6 cm³/mol. The van der Waals surface area contributed by atoms with Crippen molar-refractivity contribution in [3.8, 4) is 5.75 Å². The first kappa shape index (κ1) is 19.8. The van der Waals surface area contributed by atoms with Gasteiger partial charge in [0.25, 0.3) is 0 Å². The van der Waals surface area contributed by atoms with Crippen LogP contribution in [0.4, 0.5) is 5.69 Å². The molecule has 0 fully saturated rings. The van der Waals surface area contributed by atoms with Crippen molar-refractivity contribution in [2.45, 2.75) is 46.6 Å². The van der Waals surface area contributed by atoms with E-state index >= 15 is 0 Å². The zero-order chi connectivity index (χ0) is 17.8. The molecule has 0 heterocycles. The summed E-state index contributed by atoms with van der Waals surface area (Å²) in [4.78, 5) is 15.9. The quantitative estimate of drug-likeness (QED) is 0.369. The van der Waals surface area contributed by atoms with E-state index in [1.54, 1.807) is 7.11 Å². The van der Waals surface area contributed by atoms with Gasteiger partial charge in [-0.25, -0.2) is 4.99 Å². The molecule has 1 amide bonds. The van der Waals surface area contributed by atoms with Gasteiger partial charge < -0.3 is 20.7 Å². The number of nitrogens with zero attached hydrogens (tertiary/aromatic N) is 1. The maximum Gasteiger partial charge on any atom is 0.221 e. The molecule has 0 aliphatic heterocycles. The second kappa shape index (κ2) is 11.3. The first-order chi connectivity index (χ1) is 11.6. The number of guanidine groups is 1. The Balaban J connectivity index is 2.75. The summed E-state index contributed by atoms with van der Waals surface area (Å²) < 4.78 is 5.27. The van der Waals surface area contributed by atoms with Gasteiger partial charge in [-0.15, -0.1) is 0 Å². The number of hydrogen-bond donors (Lipinski definition) is 3. The van der Waals surface area contributed by atoms with Crippen LogP contribution in [-0.2, 0) is 11.3 Å². The highest BCUT2D eigenvalue weighted by Crippen LogP contribution is 2.25. The SMILES string of the molecule is CCCCCNC(=NCc1ccc(OC)c(NC(C)=O)c1)NCC. The number of unbranched alkanes of at least 4 members (excludes halogenated alkanes) is 2. The molecular weight excluding hydrogens is 304 g/mol. The number of hydrogen-bond acceptors (Lipinski definition) is 3. The highest BCUT2D eigenvalue weighted by atomic mass is 16.5. The summed E-state index contributed by atoms with van der Waals surface area (Å²) in [7, 11) is 1.59. The Bertz CT molecular complexity index is 544. The first-order valence-electron chi connectivity index (χ1n) is 8.57. The molecule has 0 spiro atoms. The maximum atomic E-state index is 11.3. The third-order valence-electron chi connectivity index (χ3n) is 3.41. The smallest absolute Gasteiger partial charge is 0.221 e. The molecule has 1 aromatic carbocycles. The van der Waals surface area contributed by atoms with Crippen LogP contribution < -0.4 is 20.7 Å². The largest absolute Gasteiger partial charge is 0.495 e. The van der Waals surface area contributed by atoms with Crippen LogP contribution in [0.25, 0.3) is 0 Å². The summed E-state index contributed by atoms with van der Waals surface area (Å²) in [5.74, 6) is 1.33. The van der Waals surface area contributed by atoms with Crippen molar-refractivity contribution in [3.63, 3.8) is 0 Å². The zero-order valence-electron chi connectivity index (χ0n) is 15.2. The van der Waals surface area contributed by atoms with Gasteiger partial charge in [-0.2, -0.15) is 0 Å². The Morgan fingerprint density at radius 2 is 2.00 bits per heavy atom. The van der Waals surface area contributed by atoms with E-state index in [0.29, 0.717) is 18.0 Å². The lowest BCUT2D eigenvalue weighted by Gasteiger charge is -2.12. The number of amides is 1. The van der Waals surface area contributed by atoms with Gasteiger partial charge >= 0.3 is 0 Å². The normalized spacial score (nSPS) is 11.1. The summed E-state index contributed by atoms with van der Waals surface area (Å²) in [5, 5.41) is 9.37. The molecule has 0 unspecified atom stereocenters. The number of nitrogens with one attached hydrogen (secondary N) is 3. The fourth-order valence-corrected chi connectivity index (χ4v) is 2.23. The van der Waals surface area contributed by atoms with Crippen molar-refractivity contribution in [2.24, 2.45) is 4.99 Å². The van der Waals surface area contributed by atoms with Crippen LogP contribution in [0, 0.1) is 0 Å². The van der Waals surface area contributed by atoms with Crippen LogP contribution in [0.3, 0.4) is 0 Å². The molecule has 6 heteroatoms. The second-order valence-electron chi connectivity index (χ2n) is 5.54. The Labute approximate surface area is 145 Å². The standard InChI is InChI=1S/C18H30N4O2/c1-5-7-8-11-20-18(19-6-2)21-13-15-9-10-17(24-4)16(12-15)22-14(3)23/h9-10,12H,5-8,11,13H2,1-4H3,(H,22,23)(H2,19,20,21). The van der Waals surface area contributed by atoms with Crippen molar-refractivity contribution in [1.82, 2.24) is 10.6 Å². The average molecular weight is 334 g/mol. The topological polar surface area (TPSA) is 74.8 Å². The van der Waals surface area contributed by atoms with E-state index in [1.165, 1.54) is 19.8 Å². The number of ether oxygens (including phenoxy) is 1. The van der Waals surface area contributed by atoms with Gasteiger partial charge in [-0.05, 0) is 31.0 Å². The minimum Gasteiger partial charge on any atom is -0.495 e. The van der Waals surface area contributed by atoms with Crippen molar-refractivity contribution >= 4 is 17.6 Å². The van der Waals surface area contributed by atoms with Crippen LogP contribution >= 0.6 is 0 Å². The van der Waals surface area contributed by atoms with Gasteiger partial charge in [0.05, 0.1) is 19.3 Å². The lowest BCUT2D eigenvalue weighted by Crippen LogP contribution is -2.37. The Kier molecular flexibility index (Phi) is 9.34. The number of methoxy groups -OCH3 is 1. The Hall–Kier alpha value is -2.24.